The van der Waals surface area contributed by atoms with E-state index in [1.54, 1.807) is 17.8 Å². The number of anilines is 1. The molecule has 1 atom stereocenters. The van der Waals surface area contributed by atoms with Gasteiger partial charge in [0.1, 0.15) is 11.5 Å². The molecule has 2 aromatic heterocycles. The first-order chi connectivity index (χ1) is 14.7. The van der Waals surface area contributed by atoms with Crippen molar-refractivity contribution in [3.8, 4) is 11.6 Å². The molecule has 1 N–H and O–H groups in total. The number of amides is 1. The molecule has 3 heterocycles. The second-order valence-electron chi connectivity index (χ2n) is 7.35. The minimum atomic E-state index is -3.83. The van der Waals surface area contributed by atoms with Gasteiger partial charge >= 0.3 is 6.01 Å². The van der Waals surface area contributed by atoms with E-state index in [0.29, 0.717) is 18.5 Å². The summed E-state index contributed by atoms with van der Waals surface area (Å²) in [5.41, 5.74) is 1.39. The van der Waals surface area contributed by atoms with Crippen molar-refractivity contribution in [3.63, 3.8) is 0 Å². The lowest BCUT2D eigenvalue weighted by Crippen LogP contribution is -2.43. The summed E-state index contributed by atoms with van der Waals surface area (Å²) in [6, 6.07) is 6.33. The highest BCUT2D eigenvalue weighted by atomic mass is 32.2. The molecule has 0 saturated carbocycles. The molecular formula is C19H21FN6O4S. The van der Waals surface area contributed by atoms with Gasteiger partial charge in [0.2, 0.25) is 15.9 Å². The third-order valence-corrected chi connectivity index (χ3v) is 6.96. The summed E-state index contributed by atoms with van der Waals surface area (Å²) in [5.74, 6) is -1.30. The molecule has 0 bridgehead atoms. The third-order valence-electron chi connectivity index (χ3n) is 5.08. The van der Waals surface area contributed by atoms with Crippen molar-refractivity contribution in [2.75, 3.05) is 18.4 Å². The Morgan fingerprint density at radius 3 is 2.68 bits per heavy atom. The molecule has 1 aliphatic rings. The Labute approximate surface area is 178 Å². The number of carbonyl (C=O) groups is 1. The van der Waals surface area contributed by atoms with Crippen LogP contribution in [-0.4, -0.2) is 51.7 Å². The zero-order chi connectivity index (χ0) is 22.2. The quantitative estimate of drug-likeness (QED) is 0.633. The molecule has 0 unspecified atom stereocenters. The molecule has 0 aliphatic carbocycles. The smallest absolute Gasteiger partial charge is 0.322 e. The summed E-state index contributed by atoms with van der Waals surface area (Å²) < 4.78 is 47.2. The normalized spacial score (nSPS) is 17.6. The first kappa shape index (κ1) is 21.1. The fourth-order valence-corrected chi connectivity index (χ4v) is 5.05. The molecule has 4 rings (SSSR count). The minimum Gasteiger partial charge on any atom is -0.401 e. The maximum atomic E-state index is 13.1. The van der Waals surface area contributed by atoms with Crippen LogP contribution in [0, 0.1) is 18.7 Å². The van der Waals surface area contributed by atoms with Gasteiger partial charge in [-0.1, -0.05) is 5.10 Å². The Kier molecular flexibility index (Phi) is 5.58. The van der Waals surface area contributed by atoms with Crippen molar-refractivity contribution in [2.45, 2.75) is 24.7 Å². The summed E-state index contributed by atoms with van der Waals surface area (Å²) in [5, 5.41) is 14.6. The van der Waals surface area contributed by atoms with Crippen LogP contribution in [0.5, 0.6) is 0 Å². The summed E-state index contributed by atoms with van der Waals surface area (Å²) in [4.78, 5) is 12.7. The average molecular weight is 448 g/mol. The standard InChI is InChI=1S/C19H21FN6O4S/c1-12-10-16(25(2)24-12)18-22-23-19(30-18)21-17(27)13-4-3-9-26(11-13)31(28,29)15-7-5-14(20)6-8-15/h5-8,10,13H,3-4,9,11H2,1-2H3,(H,21,23,27)/t13-/m0/s1. The van der Waals surface area contributed by atoms with Crippen LogP contribution in [0.1, 0.15) is 18.5 Å². The number of rotatable bonds is 5. The fourth-order valence-electron chi connectivity index (χ4n) is 3.53. The Morgan fingerprint density at radius 2 is 2.00 bits per heavy atom. The lowest BCUT2D eigenvalue weighted by atomic mass is 9.99. The highest BCUT2D eigenvalue weighted by Gasteiger charge is 2.34. The highest BCUT2D eigenvalue weighted by Crippen LogP contribution is 2.26. The predicted molar refractivity (Wildman–Crippen MR) is 108 cm³/mol. The first-order valence-electron chi connectivity index (χ1n) is 9.65. The van der Waals surface area contributed by atoms with E-state index in [-0.39, 0.29) is 29.9 Å². The Morgan fingerprint density at radius 1 is 1.26 bits per heavy atom. The number of hydrogen-bond donors (Lipinski definition) is 1. The molecule has 1 aromatic carbocycles. The molecule has 1 fully saturated rings. The summed E-state index contributed by atoms with van der Waals surface area (Å²) in [7, 11) is -2.09. The number of sulfonamides is 1. The molecule has 31 heavy (non-hydrogen) atoms. The fraction of sp³-hybridized carbons (Fsp3) is 0.368. The van der Waals surface area contributed by atoms with Crippen LogP contribution in [0.4, 0.5) is 10.4 Å². The van der Waals surface area contributed by atoms with E-state index in [9.17, 15) is 17.6 Å². The lowest BCUT2D eigenvalue weighted by molar-refractivity contribution is -0.121. The van der Waals surface area contributed by atoms with Crippen molar-refractivity contribution in [2.24, 2.45) is 13.0 Å². The zero-order valence-corrected chi connectivity index (χ0v) is 17.8. The number of nitrogens with zero attached hydrogens (tertiary/aromatic N) is 5. The maximum absolute atomic E-state index is 13.1. The molecule has 12 heteroatoms. The summed E-state index contributed by atoms with van der Waals surface area (Å²) >= 11 is 0. The van der Waals surface area contributed by atoms with Gasteiger partial charge in [-0.2, -0.15) is 9.40 Å². The average Bonchev–Trinajstić information content (AvgIpc) is 3.33. The molecule has 10 nitrogen and oxygen atoms in total. The number of piperidine rings is 1. The number of carbonyl (C=O) groups excluding carboxylic acids is 1. The van der Waals surface area contributed by atoms with Gasteiger partial charge in [0.25, 0.3) is 5.89 Å². The second-order valence-corrected chi connectivity index (χ2v) is 9.29. The lowest BCUT2D eigenvalue weighted by Gasteiger charge is -2.30. The van der Waals surface area contributed by atoms with Gasteiger partial charge < -0.3 is 4.42 Å². The SMILES string of the molecule is Cc1cc(-c2nnc(NC(=O)[C@H]3CCCN(S(=O)(=O)c4ccc(F)cc4)C3)o2)n(C)n1. The third kappa shape index (κ3) is 4.35. The second kappa shape index (κ2) is 8.19. The Hall–Kier alpha value is -3.12. The molecular weight excluding hydrogens is 427 g/mol. The molecule has 164 valence electrons. The molecule has 0 spiro atoms. The van der Waals surface area contributed by atoms with E-state index in [2.05, 4.69) is 20.6 Å². The van der Waals surface area contributed by atoms with Crippen molar-refractivity contribution < 1.29 is 22.0 Å². The molecule has 3 aromatic rings. The van der Waals surface area contributed by atoms with Crippen LogP contribution in [0.3, 0.4) is 0 Å². The number of hydrogen-bond acceptors (Lipinski definition) is 7. The van der Waals surface area contributed by atoms with Crippen molar-refractivity contribution in [3.05, 3.63) is 41.8 Å². The van der Waals surface area contributed by atoms with E-state index >= 15 is 0 Å². The van der Waals surface area contributed by atoms with Gasteiger partial charge in [-0.15, -0.1) is 5.10 Å². The van der Waals surface area contributed by atoms with Gasteiger partial charge in [-0.05, 0) is 50.1 Å². The van der Waals surface area contributed by atoms with Gasteiger partial charge in [-0.25, -0.2) is 12.8 Å². The van der Waals surface area contributed by atoms with Crippen LogP contribution in [0.25, 0.3) is 11.6 Å². The molecule has 0 radical (unpaired) electrons. The van der Waals surface area contributed by atoms with Crippen LogP contribution in [0.2, 0.25) is 0 Å². The Balaban J connectivity index is 1.45. The largest absolute Gasteiger partial charge is 0.401 e. The minimum absolute atomic E-state index is 0.00740. The zero-order valence-electron chi connectivity index (χ0n) is 16.9. The van der Waals surface area contributed by atoms with E-state index in [4.69, 9.17) is 4.42 Å². The van der Waals surface area contributed by atoms with Crippen molar-refractivity contribution >= 4 is 21.9 Å². The van der Waals surface area contributed by atoms with E-state index in [1.807, 2.05) is 6.92 Å². The topological polar surface area (TPSA) is 123 Å². The van der Waals surface area contributed by atoms with Crippen LogP contribution < -0.4 is 5.32 Å². The number of nitrogens with one attached hydrogen (secondary N) is 1. The molecule has 1 aliphatic heterocycles. The van der Waals surface area contributed by atoms with Crippen LogP contribution in [-0.2, 0) is 21.9 Å². The van der Waals surface area contributed by atoms with E-state index in [1.165, 1.54) is 16.4 Å². The number of halogens is 1. The van der Waals surface area contributed by atoms with Crippen LogP contribution >= 0.6 is 0 Å². The molecule has 1 amide bonds. The van der Waals surface area contributed by atoms with Gasteiger partial charge in [0, 0.05) is 20.1 Å². The first-order valence-corrected chi connectivity index (χ1v) is 11.1. The van der Waals surface area contributed by atoms with Gasteiger partial charge in [-0.3, -0.25) is 14.8 Å². The highest BCUT2D eigenvalue weighted by molar-refractivity contribution is 7.89. The summed E-state index contributed by atoms with van der Waals surface area (Å²) in [6.07, 6.45) is 1.03. The van der Waals surface area contributed by atoms with E-state index in [0.717, 1.165) is 17.8 Å². The number of benzene rings is 1. The Bertz CT molecular complexity index is 1200. The maximum Gasteiger partial charge on any atom is 0.322 e. The van der Waals surface area contributed by atoms with Crippen molar-refractivity contribution in [1.82, 2.24) is 24.3 Å². The van der Waals surface area contributed by atoms with Gasteiger partial charge in [0.05, 0.1) is 16.5 Å². The predicted octanol–water partition coefficient (Wildman–Crippen LogP) is 1.96. The van der Waals surface area contributed by atoms with Gasteiger partial charge in [0.15, 0.2) is 0 Å². The monoisotopic (exact) mass is 448 g/mol. The number of aromatic nitrogens is 4. The number of aryl methyl sites for hydroxylation is 2. The summed E-state index contributed by atoms with van der Waals surface area (Å²) in [6.45, 7) is 2.12. The van der Waals surface area contributed by atoms with Crippen molar-refractivity contribution in [1.29, 1.82) is 0 Å². The molecule has 1 saturated heterocycles. The van der Waals surface area contributed by atoms with E-state index < -0.39 is 27.7 Å². The van der Waals surface area contributed by atoms with Crippen LogP contribution in [0.15, 0.2) is 39.6 Å².